The summed E-state index contributed by atoms with van der Waals surface area (Å²) in [7, 11) is 0. The van der Waals surface area contributed by atoms with Gasteiger partial charge in [0.1, 0.15) is 29.1 Å². The van der Waals surface area contributed by atoms with Gasteiger partial charge in [0.15, 0.2) is 0 Å². The second-order valence-electron chi connectivity index (χ2n) is 3.23. The van der Waals surface area contributed by atoms with E-state index in [9.17, 15) is 4.79 Å². The van der Waals surface area contributed by atoms with Crippen LogP contribution in [-0.4, -0.2) is 16.4 Å². The van der Waals surface area contributed by atoms with Crippen molar-refractivity contribution in [3.63, 3.8) is 0 Å². The summed E-state index contributed by atoms with van der Waals surface area (Å²) in [5.41, 5.74) is 0.325. The van der Waals surface area contributed by atoms with Gasteiger partial charge in [-0.05, 0) is 24.3 Å². The summed E-state index contributed by atoms with van der Waals surface area (Å²) in [6.45, 7) is 0. The van der Waals surface area contributed by atoms with Gasteiger partial charge in [-0.25, -0.2) is 9.97 Å². The second-order valence-corrected chi connectivity index (χ2v) is 3.23. The van der Waals surface area contributed by atoms with Crippen LogP contribution in [0.4, 0.5) is 5.82 Å². The van der Waals surface area contributed by atoms with Crippen molar-refractivity contribution in [3.05, 3.63) is 42.4 Å². The predicted octanol–water partition coefficient (Wildman–Crippen LogP) is 1.71. The van der Waals surface area contributed by atoms with Crippen LogP contribution in [0.25, 0.3) is 0 Å². The lowest BCUT2D eigenvalue weighted by molar-refractivity contribution is -0.105. The first-order valence-electron chi connectivity index (χ1n) is 5.02. The van der Waals surface area contributed by atoms with Crippen LogP contribution in [0, 0.1) is 11.3 Å². The molecule has 6 heteroatoms. The summed E-state index contributed by atoms with van der Waals surface area (Å²) in [4.78, 5) is 18.0. The fraction of sp³-hybridized carbons (Fsp3) is 0. The fourth-order valence-electron chi connectivity index (χ4n) is 1.23. The molecular formula is C12H8N4O2. The van der Waals surface area contributed by atoms with Gasteiger partial charge in [-0.3, -0.25) is 4.79 Å². The van der Waals surface area contributed by atoms with Crippen molar-refractivity contribution in [2.75, 3.05) is 5.32 Å². The lowest BCUT2D eigenvalue weighted by Crippen LogP contribution is -1.96. The molecule has 1 amide bonds. The summed E-state index contributed by atoms with van der Waals surface area (Å²) >= 11 is 0. The zero-order valence-electron chi connectivity index (χ0n) is 9.20. The van der Waals surface area contributed by atoms with Crippen molar-refractivity contribution in [2.24, 2.45) is 0 Å². The molecule has 1 N–H and O–H groups in total. The summed E-state index contributed by atoms with van der Waals surface area (Å²) in [6.07, 6.45) is 3.48. The largest absolute Gasteiger partial charge is 0.454 e. The fourth-order valence-corrected chi connectivity index (χ4v) is 1.23. The molecule has 0 bridgehead atoms. The smallest absolute Gasteiger partial charge is 0.212 e. The first-order valence-corrected chi connectivity index (χ1v) is 5.02. The van der Waals surface area contributed by atoms with E-state index in [0.29, 0.717) is 29.4 Å². The van der Waals surface area contributed by atoms with Gasteiger partial charge in [0.05, 0.1) is 12.4 Å². The molecule has 18 heavy (non-hydrogen) atoms. The van der Waals surface area contributed by atoms with Gasteiger partial charge in [-0.2, -0.15) is 5.26 Å². The molecule has 2 rings (SSSR count). The highest BCUT2D eigenvalue weighted by Gasteiger charge is 1.99. The Bertz CT molecular complexity index is 573. The van der Waals surface area contributed by atoms with Gasteiger partial charge in [0.25, 0.3) is 0 Å². The summed E-state index contributed by atoms with van der Waals surface area (Å²) < 4.78 is 5.46. The van der Waals surface area contributed by atoms with Crippen LogP contribution in [0.1, 0.15) is 5.69 Å². The molecule has 0 atom stereocenters. The highest BCUT2D eigenvalue weighted by molar-refractivity contribution is 5.68. The van der Waals surface area contributed by atoms with Gasteiger partial charge in [0, 0.05) is 0 Å². The van der Waals surface area contributed by atoms with E-state index in [2.05, 4.69) is 15.3 Å². The highest BCUT2D eigenvalue weighted by atomic mass is 16.5. The Morgan fingerprint density at radius 3 is 2.39 bits per heavy atom. The number of pyridine rings is 2. The number of carbonyl (C=O) groups is 1. The van der Waals surface area contributed by atoms with Crippen LogP contribution < -0.4 is 10.1 Å². The molecule has 88 valence electrons. The minimum absolute atomic E-state index is 0.325. The number of nitrogens with one attached hydrogen (secondary N) is 1. The third-order valence-corrected chi connectivity index (χ3v) is 2.03. The van der Waals surface area contributed by atoms with E-state index in [1.807, 2.05) is 6.07 Å². The number of aromatic nitrogens is 2. The van der Waals surface area contributed by atoms with E-state index < -0.39 is 0 Å². The third kappa shape index (κ3) is 2.80. The van der Waals surface area contributed by atoms with Crippen LogP contribution >= 0.6 is 0 Å². The van der Waals surface area contributed by atoms with Crippen molar-refractivity contribution < 1.29 is 9.53 Å². The Kier molecular flexibility index (Phi) is 3.47. The lowest BCUT2D eigenvalue weighted by atomic mass is 10.3. The molecule has 0 radical (unpaired) electrons. The number of amides is 1. The summed E-state index contributed by atoms with van der Waals surface area (Å²) in [5.74, 6) is 1.46. The van der Waals surface area contributed by atoms with Crippen molar-refractivity contribution in [3.8, 4) is 17.6 Å². The average molecular weight is 240 g/mol. The molecule has 0 aromatic carbocycles. The molecule has 0 spiro atoms. The standard InChI is InChI=1S/C12H8N4O2/c13-5-9-1-2-10(6-14-9)18-11-3-4-12(15-7-11)16-8-17/h1-4,6-8H,(H,15,16,17). The van der Waals surface area contributed by atoms with E-state index in [4.69, 9.17) is 10.00 Å². The Hall–Kier alpha value is -2.94. The topological polar surface area (TPSA) is 87.9 Å². The van der Waals surface area contributed by atoms with E-state index in [1.165, 1.54) is 12.4 Å². The quantitative estimate of drug-likeness (QED) is 0.822. The molecule has 6 nitrogen and oxygen atoms in total. The molecule has 0 saturated carbocycles. The predicted molar refractivity (Wildman–Crippen MR) is 62.9 cm³/mol. The molecule has 2 aromatic heterocycles. The van der Waals surface area contributed by atoms with Crippen LogP contribution in [-0.2, 0) is 4.79 Å². The van der Waals surface area contributed by atoms with E-state index >= 15 is 0 Å². The number of anilines is 1. The van der Waals surface area contributed by atoms with Gasteiger partial charge >= 0.3 is 0 Å². The van der Waals surface area contributed by atoms with Gasteiger partial charge < -0.3 is 10.1 Å². The number of ether oxygens (including phenoxy) is 1. The highest BCUT2D eigenvalue weighted by Crippen LogP contribution is 2.20. The molecule has 0 aliphatic rings. The third-order valence-electron chi connectivity index (χ3n) is 2.03. The SMILES string of the molecule is N#Cc1ccc(Oc2ccc(NC=O)nc2)cn1. The number of nitriles is 1. The number of hydrogen-bond acceptors (Lipinski definition) is 5. The van der Waals surface area contributed by atoms with Gasteiger partial charge in [0.2, 0.25) is 6.41 Å². The Morgan fingerprint density at radius 1 is 1.17 bits per heavy atom. The molecule has 0 aliphatic carbocycles. The maximum absolute atomic E-state index is 10.2. The van der Waals surface area contributed by atoms with E-state index in [-0.39, 0.29) is 0 Å². The van der Waals surface area contributed by atoms with Gasteiger partial charge in [-0.15, -0.1) is 0 Å². The molecule has 0 saturated heterocycles. The zero-order valence-corrected chi connectivity index (χ0v) is 9.20. The molecular weight excluding hydrogens is 232 g/mol. The van der Waals surface area contributed by atoms with Crippen molar-refractivity contribution in [2.45, 2.75) is 0 Å². The molecule has 2 aromatic rings. The Labute approximate surface area is 103 Å². The molecule has 2 heterocycles. The summed E-state index contributed by atoms with van der Waals surface area (Å²) in [6, 6.07) is 8.40. The maximum Gasteiger partial charge on any atom is 0.212 e. The first-order chi connectivity index (χ1) is 8.81. The maximum atomic E-state index is 10.2. The second kappa shape index (κ2) is 5.41. The zero-order chi connectivity index (χ0) is 12.8. The van der Waals surface area contributed by atoms with Crippen LogP contribution in [0.15, 0.2) is 36.7 Å². The minimum atomic E-state index is 0.325. The molecule has 0 unspecified atom stereocenters. The minimum Gasteiger partial charge on any atom is -0.454 e. The van der Waals surface area contributed by atoms with Crippen LogP contribution in [0.5, 0.6) is 11.5 Å². The number of hydrogen-bond donors (Lipinski definition) is 1. The van der Waals surface area contributed by atoms with Gasteiger partial charge in [-0.1, -0.05) is 0 Å². The number of nitrogens with zero attached hydrogens (tertiary/aromatic N) is 3. The van der Waals surface area contributed by atoms with Crippen molar-refractivity contribution >= 4 is 12.2 Å². The molecule has 0 aliphatic heterocycles. The normalized spacial score (nSPS) is 9.28. The van der Waals surface area contributed by atoms with Crippen LogP contribution in [0.2, 0.25) is 0 Å². The Balaban J connectivity index is 2.08. The average Bonchev–Trinajstić information content (AvgIpc) is 2.42. The monoisotopic (exact) mass is 240 g/mol. The van der Waals surface area contributed by atoms with Crippen molar-refractivity contribution in [1.82, 2.24) is 9.97 Å². The first kappa shape index (κ1) is 11.5. The number of carbonyl (C=O) groups excluding carboxylic acids is 1. The lowest BCUT2D eigenvalue weighted by Gasteiger charge is -2.05. The van der Waals surface area contributed by atoms with Crippen molar-refractivity contribution in [1.29, 1.82) is 5.26 Å². The molecule has 0 fully saturated rings. The van der Waals surface area contributed by atoms with E-state index in [0.717, 1.165) is 0 Å². The Morgan fingerprint density at radius 2 is 1.89 bits per heavy atom. The summed E-state index contributed by atoms with van der Waals surface area (Å²) in [5, 5.41) is 11.0. The van der Waals surface area contributed by atoms with Crippen LogP contribution in [0.3, 0.4) is 0 Å². The number of rotatable bonds is 4. The van der Waals surface area contributed by atoms with E-state index in [1.54, 1.807) is 24.3 Å².